The number of nitrogens with two attached hydrogens (primary N) is 1. The third-order valence-electron chi connectivity index (χ3n) is 5.30. The van der Waals surface area contributed by atoms with Gasteiger partial charge in [-0.25, -0.2) is 0 Å². The highest BCUT2D eigenvalue weighted by molar-refractivity contribution is 5.94. The summed E-state index contributed by atoms with van der Waals surface area (Å²) in [5.74, 6) is -0.390. The van der Waals surface area contributed by atoms with Crippen LogP contribution in [0.25, 0.3) is 11.1 Å². The molecule has 1 aliphatic rings. The quantitative estimate of drug-likeness (QED) is 0.674. The fraction of sp³-hybridized carbons (Fsp3) is 0.208. The molecule has 3 aromatic carbocycles. The van der Waals surface area contributed by atoms with Gasteiger partial charge >= 0.3 is 0 Å². The first-order chi connectivity index (χ1) is 13.1. The summed E-state index contributed by atoms with van der Waals surface area (Å²) >= 11 is 0. The van der Waals surface area contributed by atoms with Gasteiger partial charge in [0.15, 0.2) is 0 Å². The Labute approximate surface area is 172 Å². The van der Waals surface area contributed by atoms with Crippen LogP contribution in [-0.4, -0.2) is 11.9 Å². The van der Waals surface area contributed by atoms with E-state index in [-0.39, 0.29) is 12.4 Å². The van der Waals surface area contributed by atoms with E-state index in [0.717, 1.165) is 36.1 Å². The number of nitrogens with one attached hydrogen (secondary N) is 1. The monoisotopic (exact) mass is 392 g/mol. The molecule has 0 heterocycles. The molecular weight excluding hydrogens is 368 g/mol. The Morgan fingerprint density at radius 3 is 2.21 bits per heavy atom. The summed E-state index contributed by atoms with van der Waals surface area (Å²) in [6, 6.07) is 23.5. The Bertz CT molecular complexity index is 957. The van der Waals surface area contributed by atoms with E-state index in [9.17, 15) is 4.79 Å². The van der Waals surface area contributed by atoms with E-state index in [1.807, 2.05) is 19.1 Å². The highest BCUT2D eigenvalue weighted by Gasteiger charge is 2.20. The summed E-state index contributed by atoms with van der Waals surface area (Å²) in [5, 5.41) is 3.68. The molecule has 28 heavy (non-hydrogen) atoms. The Balaban J connectivity index is 0.00000225. The number of carbonyl (C=O) groups is 1. The van der Waals surface area contributed by atoms with Crippen molar-refractivity contribution in [3.63, 3.8) is 0 Å². The van der Waals surface area contributed by atoms with Crippen molar-refractivity contribution in [3.8, 4) is 11.1 Å². The number of carbonyl (C=O) groups excluding carboxylic acids is 1. The summed E-state index contributed by atoms with van der Waals surface area (Å²) in [5.41, 5.74) is 13.3. The predicted octanol–water partition coefficient (Wildman–Crippen LogP) is 4.44. The second-order valence-electron chi connectivity index (χ2n) is 7.40. The minimum atomic E-state index is -0.390. The van der Waals surface area contributed by atoms with Crippen LogP contribution in [-0.2, 0) is 19.4 Å². The molecule has 0 aromatic heterocycles. The molecule has 0 radical (unpaired) electrons. The van der Waals surface area contributed by atoms with Gasteiger partial charge in [0.1, 0.15) is 0 Å². The summed E-state index contributed by atoms with van der Waals surface area (Å²) in [6.45, 7) is 2.84. The first-order valence-electron chi connectivity index (χ1n) is 9.39. The Morgan fingerprint density at radius 2 is 1.61 bits per heavy atom. The molecule has 4 heteroatoms. The third kappa shape index (κ3) is 4.44. The molecule has 0 bridgehead atoms. The smallest absolute Gasteiger partial charge is 0.248 e. The van der Waals surface area contributed by atoms with Crippen molar-refractivity contribution >= 4 is 18.3 Å². The maximum Gasteiger partial charge on any atom is 0.248 e. The number of aryl methyl sites for hydroxylation is 1. The molecule has 0 aliphatic heterocycles. The van der Waals surface area contributed by atoms with Crippen molar-refractivity contribution in [3.05, 3.63) is 94.5 Å². The maximum atomic E-state index is 11.5. The molecular formula is C24H25ClN2O. The molecule has 0 spiro atoms. The van der Waals surface area contributed by atoms with Crippen LogP contribution in [0.1, 0.15) is 32.6 Å². The zero-order valence-corrected chi connectivity index (χ0v) is 16.8. The Kier molecular flexibility index (Phi) is 6.18. The van der Waals surface area contributed by atoms with E-state index in [4.69, 9.17) is 5.73 Å². The molecule has 0 saturated heterocycles. The minimum absolute atomic E-state index is 0. The Hall–Kier alpha value is -2.62. The molecule has 1 aliphatic carbocycles. The van der Waals surface area contributed by atoms with Crippen molar-refractivity contribution in [1.29, 1.82) is 0 Å². The number of hydrogen-bond acceptors (Lipinski definition) is 2. The first kappa shape index (κ1) is 20.1. The lowest BCUT2D eigenvalue weighted by molar-refractivity contribution is 0.1000. The predicted molar refractivity (Wildman–Crippen MR) is 117 cm³/mol. The largest absolute Gasteiger partial charge is 0.366 e. The van der Waals surface area contributed by atoms with Gasteiger partial charge in [-0.3, -0.25) is 4.79 Å². The lowest BCUT2D eigenvalue weighted by Crippen LogP contribution is -2.28. The molecule has 0 fully saturated rings. The first-order valence-corrected chi connectivity index (χ1v) is 9.39. The SMILES string of the molecule is Cc1cc(C(N)=O)cc(-c2ccc(CNC3Cc4ccccc4C3)cc2)c1.Cl. The number of primary amides is 1. The molecule has 3 nitrogen and oxygen atoms in total. The lowest BCUT2D eigenvalue weighted by Gasteiger charge is -2.12. The maximum absolute atomic E-state index is 11.5. The van der Waals surface area contributed by atoms with Gasteiger partial charge in [-0.05, 0) is 65.3 Å². The summed E-state index contributed by atoms with van der Waals surface area (Å²) in [7, 11) is 0. The zero-order chi connectivity index (χ0) is 18.8. The van der Waals surface area contributed by atoms with E-state index in [2.05, 4.69) is 59.9 Å². The summed E-state index contributed by atoms with van der Waals surface area (Å²) in [6.07, 6.45) is 2.21. The highest BCUT2D eigenvalue weighted by atomic mass is 35.5. The van der Waals surface area contributed by atoms with Gasteiger partial charge < -0.3 is 11.1 Å². The van der Waals surface area contributed by atoms with Crippen LogP contribution < -0.4 is 11.1 Å². The van der Waals surface area contributed by atoms with E-state index >= 15 is 0 Å². The fourth-order valence-electron chi connectivity index (χ4n) is 3.87. The normalized spacial score (nSPS) is 13.0. The van der Waals surface area contributed by atoms with Crippen LogP contribution >= 0.6 is 12.4 Å². The van der Waals surface area contributed by atoms with Crippen LogP contribution in [0.2, 0.25) is 0 Å². The van der Waals surface area contributed by atoms with Crippen LogP contribution in [0.5, 0.6) is 0 Å². The molecule has 4 rings (SSSR count). The van der Waals surface area contributed by atoms with Crippen molar-refractivity contribution in [2.45, 2.75) is 32.4 Å². The number of benzene rings is 3. The van der Waals surface area contributed by atoms with E-state index in [0.29, 0.717) is 11.6 Å². The second kappa shape index (κ2) is 8.59. The topological polar surface area (TPSA) is 55.1 Å². The van der Waals surface area contributed by atoms with Crippen molar-refractivity contribution < 1.29 is 4.79 Å². The fourth-order valence-corrected chi connectivity index (χ4v) is 3.87. The standard InChI is InChI=1S/C24H24N2O.ClH/c1-16-10-21(12-22(11-16)24(25)27)18-8-6-17(7-9-18)15-26-23-13-19-4-2-3-5-20(19)14-23;/h2-12,23,26H,13-15H2,1H3,(H2,25,27);1H. The number of fused-ring (bicyclic) bond motifs is 1. The van der Waals surface area contributed by atoms with Gasteiger partial charge in [0.2, 0.25) is 5.91 Å². The number of rotatable bonds is 5. The molecule has 0 unspecified atom stereocenters. The highest BCUT2D eigenvalue weighted by Crippen LogP contribution is 2.24. The van der Waals surface area contributed by atoms with E-state index in [1.165, 1.54) is 16.7 Å². The van der Waals surface area contributed by atoms with Crippen molar-refractivity contribution in [2.24, 2.45) is 5.73 Å². The molecule has 0 saturated carbocycles. The molecule has 3 N–H and O–H groups in total. The van der Waals surface area contributed by atoms with Crippen LogP contribution in [0.3, 0.4) is 0 Å². The number of hydrogen-bond donors (Lipinski definition) is 2. The van der Waals surface area contributed by atoms with Crippen molar-refractivity contribution in [2.75, 3.05) is 0 Å². The molecule has 144 valence electrons. The van der Waals surface area contributed by atoms with Gasteiger partial charge in [-0.1, -0.05) is 54.6 Å². The zero-order valence-electron chi connectivity index (χ0n) is 15.9. The van der Waals surface area contributed by atoms with Crippen molar-refractivity contribution in [1.82, 2.24) is 5.32 Å². The van der Waals surface area contributed by atoms with Gasteiger partial charge in [0.05, 0.1) is 0 Å². The van der Waals surface area contributed by atoms with Crippen LogP contribution in [0.4, 0.5) is 0 Å². The van der Waals surface area contributed by atoms with E-state index < -0.39 is 5.91 Å². The van der Waals surface area contributed by atoms with E-state index in [1.54, 1.807) is 0 Å². The molecule has 3 aromatic rings. The summed E-state index contributed by atoms with van der Waals surface area (Å²) < 4.78 is 0. The van der Waals surface area contributed by atoms with Gasteiger partial charge in [0, 0.05) is 18.2 Å². The van der Waals surface area contributed by atoms with Crippen LogP contribution in [0, 0.1) is 6.92 Å². The number of halogens is 1. The minimum Gasteiger partial charge on any atom is -0.366 e. The third-order valence-corrected chi connectivity index (χ3v) is 5.30. The average Bonchev–Trinajstić information content (AvgIpc) is 3.09. The second-order valence-corrected chi connectivity index (χ2v) is 7.40. The summed E-state index contributed by atoms with van der Waals surface area (Å²) in [4.78, 5) is 11.5. The van der Waals surface area contributed by atoms with Gasteiger partial charge in [0.25, 0.3) is 0 Å². The number of amides is 1. The van der Waals surface area contributed by atoms with Crippen LogP contribution in [0.15, 0.2) is 66.7 Å². The lowest BCUT2D eigenvalue weighted by atomic mass is 9.99. The van der Waals surface area contributed by atoms with Gasteiger partial charge in [-0.15, -0.1) is 12.4 Å². The van der Waals surface area contributed by atoms with Gasteiger partial charge in [-0.2, -0.15) is 0 Å². The Morgan fingerprint density at radius 1 is 0.964 bits per heavy atom. The average molecular weight is 393 g/mol. The molecule has 0 atom stereocenters. The molecule has 1 amide bonds.